The summed E-state index contributed by atoms with van der Waals surface area (Å²) < 4.78 is 1.64. The summed E-state index contributed by atoms with van der Waals surface area (Å²) in [7, 11) is 4.11. The van der Waals surface area contributed by atoms with Crippen LogP contribution in [0.4, 0.5) is 5.69 Å². The minimum atomic E-state index is 0.0722. The van der Waals surface area contributed by atoms with Crippen LogP contribution in [-0.2, 0) is 19.6 Å². The van der Waals surface area contributed by atoms with Crippen molar-refractivity contribution in [3.63, 3.8) is 0 Å². The highest BCUT2D eigenvalue weighted by molar-refractivity contribution is 5.45. The molecule has 0 amide bonds. The fourth-order valence-corrected chi connectivity index (χ4v) is 1.97. The average Bonchev–Trinajstić information content (AvgIpc) is 2.84. The van der Waals surface area contributed by atoms with Crippen molar-refractivity contribution in [2.45, 2.75) is 19.6 Å². The van der Waals surface area contributed by atoms with Gasteiger partial charge in [0.25, 0.3) is 0 Å². The molecule has 0 saturated carbocycles. The topological polar surface area (TPSA) is 66.2 Å². The standard InChI is InChI=1S/C14H21N5O/c1-18(2)10-12-4-3-5-13(8-12)15-9-14-11-19(6-7-20)17-16-14/h3-5,8,11,15,20H,6-7,9-10H2,1-2H3. The maximum atomic E-state index is 8.83. The van der Waals surface area contributed by atoms with E-state index in [0.717, 1.165) is 17.9 Å². The summed E-state index contributed by atoms with van der Waals surface area (Å²) in [5, 5.41) is 20.2. The molecular weight excluding hydrogens is 254 g/mol. The van der Waals surface area contributed by atoms with Crippen LogP contribution in [0.3, 0.4) is 0 Å². The second kappa shape index (κ2) is 7.02. The molecule has 2 N–H and O–H groups in total. The first kappa shape index (κ1) is 14.5. The molecule has 6 nitrogen and oxygen atoms in total. The predicted molar refractivity (Wildman–Crippen MR) is 78.3 cm³/mol. The van der Waals surface area contributed by atoms with Crippen LogP contribution in [0.25, 0.3) is 0 Å². The molecule has 0 bridgehead atoms. The normalized spacial score (nSPS) is 11.0. The van der Waals surface area contributed by atoms with Gasteiger partial charge in [-0.3, -0.25) is 0 Å². The smallest absolute Gasteiger partial charge is 0.102 e. The molecule has 6 heteroatoms. The number of aliphatic hydroxyl groups excluding tert-OH is 1. The Morgan fingerprint density at radius 1 is 1.35 bits per heavy atom. The van der Waals surface area contributed by atoms with Gasteiger partial charge in [0, 0.05) is 12.2 Å². The number of aromatic nitrogens is 3. The molecule has 0 aliphatic carbocycles. The molecule has 1 aromatic heterocycles. The van der Waals surface area contributed by atoms with Gasteiger partial charge in [-0.1, -0.05) is 17.3 Å². The van der Waals surface area contributed by atoms with Crippen molar-refractivity contribution in [2.75, 3.05) is 26.0 Å². The van der Waals surface area contributed by atoms with E-state index in [1.165, 1.54) is 5.56 Å². The quantitative estimate of drug-likeness (QED) is 0.787. The first-order valence-electron chi connectivity index (χ1n) is 6.65. The number of nitrogens with one attached hydrogen (secondary N) is 1. The van der Waals surface area contributed by atoms with Crippen molar-refractivity contribution in [3.05, 3.63) is 41.7 Å². The van der Waals surface area contributed by atoms with Gasteiger partial charge in [-0.05, 0) is 31.8 Å². The molecule has 1 aromatic carbocycles. The Bertz CT molecular complexity index is 538. The summed E-state index contributed by atoms with van der Waals surface area (Å²) >= 11 is 0. The molecule has 0 aliphatic heterocycles. The average molecular weight is 275 g/mol. The van der Waals surface area contributed by atoms with E-state index in [-0.39, 0.29) is 6.61 Å². The Balaban J connectivity index is 1.92. The van der Waals surface area contributed by atoms with Gasteiger partial charge < -0.3 is 15.3 Å². The van der Waals surface area contributed by atoms with Gasteiger partial charge in [-0.2, -0.15) is 0 Å². The van der Waals surface area contributed by atoms with E-state index >= 15 is 0 Å². The van der Waals surface area contributed by atoms with Crippen LogP contribution in [0.15, 0.2) is 30.5 Å². The third-order valence-corrected chi connectivity index (χ3v) is 2.81. The lowest BCUT2D eigenvalue weighted by Gasteiger charge is -2.11. The molecule has 20 heavy (non-hydrogen) atoms. The largest absolute Gasteiger partial charge is 0.394 e. The number of nitrogens with zero attached hydrogens (tertiary/aromatic N) is 4. The van der Waals surface area contributed by atoms with Gasteiger partial charge in [-0.15, -0.1) is 5.10 Å². The van der Waals surface area contributed by atoms with Gasteiger partial charge in [0.05, 0.1) is 25.9 Å². The second-order valence-electron chi connectivity index (χ2n) is 4.99. The van der Waals surface area contributed by atoms with Crippen molar-refractivity contribution < 1.29 is 5.11 Å². The molecule has 0 saturated heterocycles. The van der Waals surface area contributed by atoms with E-state index in [9.17, 15) is 0 Å². The second-order valence-corrected chi connectivity index (χ2v) is 4.99. The molecule has 0 spiro atoms. The maximum Gasteiger partial charge on any atom is 0.102 e. The fraction of sp³-hybridized carbons (Fsp3) is 0.429. The lowest BCUT2D eigenvalue weighted by atomic mass is 10.2. The van der Waals surface area contributed by atoms with E-state index in [4.69, 9.17) is 5.11 Å². The first-order chi connectivity index (χ1) is 9.67. The van der Waals surface area contributed by atoms with Crippen molar-refractivity contribution in [2.24, 2.45) is 0 Å². The number of rotatable bonds is 7. The van der Waals surface area contributed by atoms with E-state index in [0.29, 0.717) is 13.1 Å². The molecule has 0 unspecified atom stereocenters. The Kier molecular flexibility index (Phi) is 5.09. The molecule has 1 heterocycles. The highest BCUT2D eigenvalue weighted by atomic mass is 16.3. The molecule has 0 radical (unpaired) electrons. The van der Waals surface area contributed by atoms with Crippen molar-refractivity contribution in [1.29, 1.82) is 0 Å². The number of anilines is 1. The fourth-order valence-electron chi connectivity index (χ4n) is 1.97. The van der Waals surface area contributed by atoms with Crippen LogP contribution >= 0.6 is 0 Å². The van der Waals surface area contributed by atoms with Crippen molar-refractivity contribution in [3.8, 4) is 0 Å². The van der Waals surface area contributed by atoms with E-state index in [1.54, 1.807) is 4.68 Å². The number of hydrogen-bond donors (Lipinski definition) is 2. The third-order valence-electron chi connectivity index (χ3n) is 2.81. The zero-order valence-corrected chi connectivity index (χ0v) is 12.0. The summed E-state index contributed by atoms with van der Waals surface area (Å²) in [4.78, 5) is 2.14. The van der Waals surface area contributed by atoms with Gasteiger partial charge in [0.2, 0.25) is 0 Å². The van der Waals surface area contributed by atoms with E-state index in [1.807, 2.05) is 18.3 Å². The zero-order chi connectivity index (χ0) is 14.4. The lowest BCUT2D eigenvalue weighted by molar-refractivity contribution is 0.268. The number of hydrogen-bond acceptors (Lipinski definition) is 5. The summed E-state index contributed by atoms with van der Waals surface area (Å²) in [6.45, 7) is 2.09. The molecular formula is C14H21N5O. The van der Waals surface area contributed by atoms with Crippen LogP contribution in [0, 0.1) is 0 Å². The van der Waals surface area contributed by atoms with Gasteiger partial charge in [-0.25, -0.2) is 4.68 Å². The number of aliphatic hydroxyl groups is 1. The van der Waals surface area contributed by atoms with Gasteiger partial charge >= 0.3 is 0 Å². The minimum Gasteiger partial charge on any atom is -0.394 e. The molecule has 0 aliphatic rings. The van der Waals surface area contributed by atoms with Gasteiger partial charge in [0.15, 0.2) is 0 Å². The Morgan fingerprint density at radius 3 is 2.95 bits per heavy atom. The van der Waals surface area contributed by atoms with E-state index < -0.39 is 0 Å². The summed E-state index contributed by atoms with van der Waals surface area (Å²) in [5.41, 5.74) is 3.20. The number of benzene rings is 1. The van der Waals surface area contributed by atoms with E-state index in [2.05, 4.69) is 46.8 Å². The third kappa shape index (κ3) is 4.32. The molecule has 2 rings (SSSR count). The molecule has 0 atom stereocenters. The zero-order valence-electron chi connectivity index (χ0n) is 12.0. The Morgan fingerprint density at radius 2 is 2.20 bits per heavy atom. The summed E-state index contributed by atoms with van der Waals surface area (Å²) in [6.07, 6.45) is 1.84. The highest BCUT2D eigenvalue weighted by Gasteiger charge is 2.01. The summed E-state index contributed by atoms with van der Waals surface area (Å²) in [5.74, 6) is 0. The first-order valence-corrected chi connectivity index (χ1v) is 6.65. The van der Waals surface area contributed by atoms with Crippen LogP contribution in [0.2, 0.25) is 0 Å². The van der Waals surface area contributed by atoms with Crippen LogP contribution in [0.5, 0.6) is 0 Å². The van der Waals surface area contributed by atoms with Crippen LogP contribution < -0.4 is 5.32 Å². The summed E-state index contributed by atoms with van der Waals surface area (Å²) in [6, 6.07) is 8.34. The van der Waals surface area contributed by atoms with Crippen LogP contribution in [-0.4, -0.2) is 45.7 Å². The SMILES string of the molecule is CN(C)Cc1cccc(NCc2cn(CCO)nn2)c1. The van der Waals surface area contributed by atoms with Crippen molar-refractivity contribution in [1.82, 2.24) is 19.9 Å². The molecule has 0 fully saturated rings. The Hall–Kier alpha value is -1.92. The van der Waals surface area contributed by atoms with Crippen molar-refractivity contribution >= 4 is 5.69 Å². The molecule has 2 aromatic rings. The Labute approximate surface area is 119 Å². The van der Waals surface area contributed by atoms with Gasteiger partial charge in [0.1, 0.15) is 5.69 Å². The minimum absolute atomic E-state index is 0.0722. The van der Waals surface area contributed by atoms with Crippen LogP contribution in [0.1, 0.15) is 11.3 Å². The lowest BCUT2D eigenvalue weighted by Crippen LogP contribution is -2.10. The predicted octanol–water partition coefficient (Wildman–Crippen LogP) is 0.944. The monoisotopic (exact) mass is 275 g/mol. The highest BCUT2D eigenvalue weighted by Crippen LogP contribution is 2.12. The maximum absolute atomic E-state index is 8.83. The molecule has 108 valence electrons.